The van der Waals surface area contributed by atoms with Crippen LogP contribution in [0.15, 0.2) is 24.3 Å². The van der Waals surface area contributed by atoms with Gasteiger partial charge in [-0.25, -0.2) is 0 Å². The first-order chi connectivity index (χ1) is 8.80. The van der Waals surface area contributed by atoms with Gasteiger partial charge in [0, 0.05) is 19.3 Å². The number of aryl methyl sites for hydroxylation is 1. The van der Waals surface area contributed by atoms with Crippen molar-refractivity contribution in [3.05, 3.63) is 35.4 Å². The van der Waals surface area contributed by atoms with Crippen molar-refractivity contribution in [3.8, 4) is 0 Å². The van der Waals surface area contributed by atoms with Gasteiger partial charge in [0.05, 0.1) is 0 Å². The lowest BCUT2D eigenvalue weighted by molar-refractivity contribution is 0.125. The van der Waals surface area contributed by atoms with Crippen molar-refractivity contribution in [1.82, 2.24) is 5.32 Å². The zero-order valence-electron chi connectivity index (χ0n) is 12.0. The molecular weight excluding hydrogens is 222 g/mol. The molecule has 1 atom stereocenters. The largest absolute Gasteiger partial charge is 0.381 e. The maximum absolute atomic E-state index is 5.55. The smallest absolute Gasteiger partial charge is 0.0480 e. The van der Waals surface area contributed by atoms with Crippen LogP contribution in [0.25, 0.3) is 0 Å². The fourth-order valence-corrected chi connectivity index (χ4v) is 2.02. The zero-order chi connectivity index (χ0) is 13.2. The molecule has 1 unspecified atom stereocenters. The van der Waals surface area contributed by atoms with E-state index in [9.17, 15) is 0 Å². The number of likely N-dealkylation sites (N-methyl/N-ethyl adjacent to an activating group) is 1. The lowest BCUT2D eigenvalue weighted by Gasteiger charge is -2.16. The molecule has 1 aromatic carbocycles. The molecule has 18 heavy (non-hydrogen) atoms. The molecule has 2 nitrogen and oxygen atoms in total. The molecule has 0 radical (unpaired) electrons. The molecule has 0 heterocycles. The molecule has 0 aliphatic heterocycles. The number of rotatable bonds is 9. The van der Waals surface area contributed by atoms with Crippen molar-refractivity contribution in [2.24, 2.45) is 0 Å². The fraction of sp³-hybridized carbons (Fsp3) is 0.625. The second kappa shape index (κ2) is 9.12. The highest BCUT2D eigenvalue weighted by atomic mass is 16.5. The van der Waals surface area contributed by atoms with E-state index in [0.717, 1.165) is 38.9 Å². The van der Waals surface area contributed by atoms with Gasteiger partial charge in [-0.3, -0.25) is 0 Å². The lowest BCUT2D eigenvalue weighted by atomic mass is 10.0. The first-order valence-electron chi connectivity index (χ1n) is 7.13. The summed E-state index contributed by atoms with van der Waals surface area (Å²) in [6.45, 7) is 6.06. The molecule has 0 saturated heterocycles. The maximum atomic E-state index is 5.55. The lowest BCUT2D eigenvalue weighted by Crippen LogP contribution is -2.29. The molecule has 1 rings (SSSR count). The molecule has 0 fully saturated rings. The van der Waals surface area contributed by atoms with Gasteiger partial charge < -0.3 is 10.1 Å². The Morgan fingerprint density at radius 3 is 2.28 bits per heavy atom. The molecule has 0 aliphatic rings. The fourth-order valence-electron chi connectivity index (χ4n) is 2.02. The van der Waals surface area contributed by atoms with Crippen LogP contribution in [0.3, 0.4) is 0 Å². The Kier molecular flexibility index (Phi) is 7.70. The molecule has 0 spiro atoms. The summed E-state index contributed by atoms with van der Waals surface area (Å²) in [5, 5.41) is 3.38. The Labute approximate surface area is 112 Å². The van der Waals surface area contributed by atoms with E-state index in [1.165, 1.54) is 11.1 Å². The van der Waals surface area contributed by atoms with Crippen molar-refractivity contribution < 1.29 is 4.74 Å². The highest BCUT2D eigenvalue weighted by Gasteiger charge is 2.07. The summed E-state index contributed by atoms with van der Waals surface area (Å²) in [6.07, 6.45) is 4.37. The van der Waals surface area contributed by atoms with Crippen LogP contribution in [0.4, 0.5) is 0 Å². The average Bonchev–Trinajstić information content (AvgIpc) is 2.43. The quantitative estimate of drug-likeness (QED) is 0.679. The Morgan fingerprint density at radius 1 is 1.06 bits per heavy atom. The van der Waals surface area contributed by atoms with E-state index in [0.29, 0.717) is 6.04 Å². The minimum absolute atomic E-state index is 0.509. The highest BCUT2D eigenvalue weighted by Crippen LogP contribution is 2.09. The molecule has 2 heteroatoms. The van der Waals surface area contributed by atoms with E-state index < -0.39 is 0 Å². The first-order valence-corrected chi connectivity index (χ1v) is 7.13. The van der Waals surface area contributed by atoms with E-state index in [4.69, 9.17) is 4.74 Å². The van der Waals surface area contributed by atoms with Gasteiger partial charge in [-0.1, -0.05) is 38.1 Å². The topological polar surface area (TPSA) is 21.3 Å². The van der Waals surface area contributed by atoms with Crippen LogP contribution in [0, 0.1) is 0 Å². The maximum Gasteiger partial charge on any atom is 0.0480 e. The summed E-state index contributed by atoms with van der Waals surface area (Å²) in [5.41, 5.74) is 2.81. The number of ether oxygens (including phenoxy) is 1. The third kappa shape index (κ3) is 5.65. The van der Waals surface area contributed by atoms with Gasteiger partial charge in [-0.2, -0.15) is 0 Å². The normalized spacial score (nSPS) is 12.6. The zero-order valence-corrected chi connectivity index (χ0v) is 12.0. The highest BCUT2D eigenvalue weighted by molar-refractivity contribution is 5.23. The van der Waals surface area contributed by atoms with E-state index in [-0.39, 0.29) is 0 Å². The van der Waals surface area contributed by atoms with Crippen LogP contribution < -0.4 is 5.32 Å². The molecular formula is C16H27NO. The van der Waals surface area contributed by atoms with Gasteiger partial charge >= 0.3 is 0 Å². The number of hydrogen-bond acceptors (Lipinski definition) is 2. The van der Waals surface area contributed by atoms with E-state index in [1.807, 2.05) is 7.05 Å². The summed E-state index contributed by atoms with van der Waals surface area (Å²) in [7, 11) is 2.03. The van der Waals surface area contributed by atoms with Crippen LogP contribution in [0.5, 0.6) is 0 Å². The van der Waals surface area contributed by atoms with Gasteiger partial charge in [0.25, 0.3) is 0 Å². The summed E-state index contributed by atoms with van der Waals surface area (Å²) >= 11 is 0. The van der Waals surface area contributed by atoms with Crippen LogP contribution in [0.2, 0.25) is 0 Å². The van der Waals surface area contributed by atoms with E-state index in [1.54, 1.807) is 0 Å². The number of benzene rings is 1. The van der Waals surface area contributed by atoms with Crippen molar-refractivity contribution >= 4 is 0 Å². The SMILES string of the molecule is CCCOCCC(Cc1ccc(CC)cc1)NC. The Morgan fingerprint density at radius 2 is 1.72 bits per heavy atom. The van der Waals surface area contributed by atoms with Crippen molar-refractivity contribution in [1.29, 1.82) is 0 Å². The standard InChI is InChI=1S/C16H27NO/c1-4-11-18-12-10-16(17-3)13-15-8-6-14(5-2)7-9-15/h6-9,16-17H,4-5,10-13H2,1-3H3. The molecule has 0 bridgehead atoms. The summed E-state index contributed by atoms with van der Waals surface area (Å²) in [5.74, 6) is 0. The second-order valence-electron chi connectivity index (χ2n) is 4.76. The summed E-state index contributed by atoms with van der Waals surface area (Å²) in [4.78, 5) is 0. The minimum atomic E-state index is 0.509. The van der Waals surface area contributed by atoms with Crippen molar-refractivity contribution in [2.75, 3.05) is 20.3 Å². The third-order valence-electron chi connectivity index (χ3n) is 3.28. The molecule has 0 amide bonds. The molecule has 0 aromatic heterocycles. The van der Waals surface area contributed by atoms with Crippen LogP contribution >= 0.6 is 0 Å². The van der Waals surface area contributed by atoms with Crippen LogP contribution in [-0.4, -0.2) is 26.3 Å². The van der Waals surface area contributed by atoms with E-state index in [2.05, 4.69) is 43.4 Å². The van der Waals surface area contributed by atoms with Crippen molar-refractivity contribution in [3.63, 3.8) is 0 Å². The van der Waals surface area contributed by atoms with Crippen LogP contribution in [0.1, 0.15) is 37.8 Å². The van der Waals surface area contributed by atoms with Gasteiger partial charge in [0.1, 0.15) is 0 Å². The van der Waals surface area contributed by atoms with Gasteiger partial charge in [0.15, 0.2) is 0 Å². The van der Waals surface area contributed by atoms with E-state index >= 15 is 0 Å². The molecule has 0 saturated carbocycles. The van der Waals surface area contributed by atoms with Gasteiger partial charge in [0.2, 0.25) is 0 Å². The monoisotopic (exact) mass is 249 g/mol. The molecule has 1 N–H and O–H groups in total. The number of nitrogens with one attached hydrogen (secondary N) is 1. The van der Waals surface area contributed by atoms with Crippen LogP contribution in [-0.2, 0) is 17.6 Å². The van der Waals surface area contributed by atoms with Gasteiger partial charge in [-0.15, -0.1) is 0 Å². The molecule has 102 valence electrons. The summed E-state index contributed by atoms with van der Waals surface area (Å²) < 4.78 is 5.55. The summed E-state index contributed by atoms with van der Waals surface area (Å²) in [6, 6.07) is 9.46. The first kappa shape index (κ1) is 15.2. The Bertz CT molecular complexity index is 307. The predicted molar refractivity (Wildman–Crippen MR) is 78.1 cm³/mol. The van der Waals surface area contributed by atoms with Crippen molar-refractivity contribution in [2.45, 2.75) is 45.6 Å². The Hall–Kier alpha value is -0.860. The minimum Gasteiger partial charge on any atom is -0.381 e. The molecule has 0 aliphatic carbocycles. The Balaban J connectivity index is 2.36. The predicted octanol–water partition coefficient (Wildman–Crippen LogP) is 3.20. The average molecular weight is 249 g/mol. The molecule has 1 aromatic rings. The second-order valence-corrected chi connectivity index (χ2v) is 4.76. The van der Waals surface area contributed by atoms with Gasteiger partial charge in [-0.05, 0) is 43.9 Å². The third-order valence-corrected chi connectivity index (χ3v) is 3.28. The number of hydrogen-bond donors (Lipinski definition) is 1.